The first kappa shape index (κ1) is 13.0. The minimum atomic E-state index is -0.306. The van der Waals surface area contributed by atoms with Crippen LogP contribution in [-0.2, 0) is 4.74 Å². The van der Waals surface area contributed by atoms with Gasteiger partial charge in [0, 0.05) is 12.4 Å². The maximum atomic E-state index is 11.8. The molecule has 0 fully saturated rings. The molecule has 2 N–H and O–H groups in total. The lowest BCUT2D eigenvalue weighted by Gasteiger charge is -2.15. The molecule has 0 aliphatic heterocycles. The number of phenols is 1. The molecule has 16 heavy (non-hydrogen) atoms. The summed E-state index contributed by atoms with van der Waals surface area (Å²) < 4.78 is 4.95. The molecule has 0 radical (unpaired) electrons. The van der Waals surface area contributed by atoms with Crippen LogP contribution in [0.1, 0.15) is 10.4 Å². The molecule has 1 unspecified atom stereocenters. The second-order valence-electron chi connectivity index (χ2n) is 3.30. The second kappa shape index (κ2) is 6.50. The Hall–Kier alpha value is -1.07. The lowest BCUT2D eigenvalue weighted by Crippen LogP contribution is -2.39. The Morgan fingerprint density at radius 2 is 2.25 bits per heavy atom. The predicted molar refractivity (Wildman–Crippen MR) is 65.0 cm³/mol. The summed E-state index contributed by atoms with van der Waals surface area (Å²) in [6, 6.07) is 6.31. The van der Waals surface area contributed by atoms with Crippen molar-refractivity contribution in [1.29, 1.82) is 0 Å². The molecular formula is C11H14BrNO3. The summed E-state index contributed by atoms with van der Waals surface area (Å²) in [5, 5.41) is 12.8. The maximum Gasteiger partial charge on any atom is 0.255 e. The van der Waals surface area contributed by atoms with E-state index < -0.39 is 0 Å². The van der Waals surface area contributed by atoms with Crippen LogP contribution < -0.4 is 5.32 Å². The molecule has 1 aromatic carbocycles. The van der Waals surface area contributed by atoms with Gasteiger partial charge in [0.1, 0.15) is 5.75 Å². The van der Waals surface area contributed by atoms with Crippen molar-refractivity contribution in [2.45, 2.75) is 6.04 Å². The fourth-order valence-electron chi connectivity index (χ4n) is 1.25. The number of carbonyl (C=O) groups is 1. The van der Waals surface area contributed by atoms with Crippen LogP contribution in [0.5, 0.6) is 5.75 Å². The number of hydrogen-bond acceptors (Lipinski definition) is 3. The van der Waals surface area contributed by atoms with Crippen molar-refractivity contribution >= 4 is 21.8 Å². The van der Waals surface area contributed by atoms with E-state index in [4.69, 9.17) is 4.74 Å². The van der Waals surface area contributed by atoms with Gasteiger partial charge in [-0.2, -0.15) is 0 Å². The van der Waals surface area contributed by atoms with Crippen LogP contribution in [0.4, 0.5) is 0 Å². The van der Waals surface area contributed by atoms with Gasteiger partial charge in [-0.25, -0.2) is 0 Å². The number of rotatable bonds is 5. The monoisotopic (exact) mass is 287 g/mol. The summed E-state index contributed by atoms with van der Waals surface area (Å²) in [4.78, 5) is 11.8. The lowest BCUT2D eigenvalue weighted by atomic mass is 10.2. The summed E-state index contributed by atoms with van der Waals surface area (Å²) in [6.07, 6.45) is 0. The smallest absolute Gasteiger partial charge is 0.255 e. The third-order valence-corrected chi connectivity index (χ3v) is 2.82. The SMILES string of the molecule is COCC(CBr)NC(=O)c1ccccc1O. The Bertz CT molecular complexity index is 357. The van der Waals surface area contributed by atoms with E-state index in [1.807, 2.05) is 0 Å². The third-order valence-electron chi connectivity index (χ3n) is 2.04. The Labute approximate surface area is 103 Å². The minimum absolute atomic E-state index is 0.0225. The van der Waals surface area contributed by atoms with Crippen molar-refractivity contribution in [2.24, 2.45) is 0 Å². The van der Waals surface area contributed by atoms with Crippen LogP contribution in [0.3, 0.4) is 0 Å². The fraction of sp³-hybridized carbons (Fsp3) is 0.364. The van der Waals surface area contributed by atoms with E-state index in [1.165, 1.54) is 6.07 Å². The van der Waals surface area contributed by atoms with Crippen LogP contribution in [0, 0.1) is 0 Å². The van der Waals surface area contributed by atoms with Gasteiger partial charge in [-0.15, -0.1) is 0 Å². The van der Waals surface area contributed by atoms with E-state index in [9.17, 15) is 9.90 Å². The van der Waals surface area contributed by atoms with Gasteiger partial charge in [0.05, 0.1) is 18.2 Å². The van der Waals surface area contributed by atoms with Crippen LogP contribution >= 0.6 is 15.9 Å². The molecule has 88 valence electrons. The molecule has 0 spiro atoms. The predicted octanol–water partition coefficient (Wildman–Crippen LogP) is 1.53. The molecular weight excluding hydrogens is 274 g/mol. The first-order valence-corrected chi connectivity index (χ1v) is 5.95. The van der Waals surface area contributed by atoms with Crippen LogP contribution in [-0.4, -0.2) is 36.1 Å². The number of alkyl halides is 1. The van der Waals surface area contributed by atoms with E-state index in [-0.39, 0.29) is 23.3 Å². The lowest BCUT2D eigenvalue weighted by molar-refractivity contribution is 0.0905. The minimum Gasteiger partial charge on any atom is -0.507 e. The number of carbonyl (C=O) groups excluding carboxylic acids is 1. The van der Waals surface area contributed by atoms with Gasteiger partial charge in [0.15, 0.2) is 0 Å². The first-order valence-electron chi connectivity index (χ1n) is 4.82. The van der Waals surface area contributed by atoms with Crippen molar-refractivity contribution in [3.63, 3.8) is 0 Å². The van der Waals surface area contributed by atoms with Crippen molar-refractivity contribution in [3.05, 3.63) is 29.8 Å². The molecule has 0 saturated carbocycles. The Kier molecular flexibility index (Phi) is 5.28. The van der Waals surface area contributed by atoms with E-state index in [0.29, 0.717) is 11.9 Å². The van der Waals surface area contributed by atoms with Crippen LogP contribution in [0.2, 0.25) is 0 Å². The summed E-state index contributed by atoms with van der Waals surface area (Å²) in [5.74, 6) is -0.328. The Morgan fingerprint density at radius 3 is 2.81 bits per heavy atom. The van der Waals surface area contributed by atoms with Crippen molar-refractivity contribution in [1.82, 2.24) is 5.32 Å². The molecule has 1 atom stereocenters. The highest BCUT2D eigenvalue weighted by Crippen LogP contribution is 2.15. The van der Waals surface area contributed by atoms with Gasteiger partial charge in [-0.1, -0.05) is 28.1 Å². The van der Waals surface area contributed by atoms with Crippen molar-refractivity contribution in [2.75, 3.05) is 19.0 Å². The number of nitrogens with one attached hydrogen (secondary N) is 1. The number of phenolic OH excluding ortho intramolecular Hbond substituents is 1. The average Bonchev–Trinajstić information content (AvgIpc) is 2.28. The zero-order chi connectivity index (χ0) is 12.0. The fourth-order valence-corrected chi connectivity index (χ4v) is 1.60. The number of benzene rings is 1. The standard InChI is InChI=1S/C11H14BrNO3/c1-16-7-8(6-12)13-11(15)9-4-2-3-5-10(9)14/h2-5,8,14H,6-7H2,1H3,(H,13,15). The van der Waals surface area contributed by atoms with Crippen molar-refractivity contribution < 1.29 is 14.6 Å². The van der Waals surface area contributed by atoms with Gasteiger partial charge in [0.25, 0.3) is 5.91 Å². The molecule has 5 heteroatoms. The summed E-state index contributed by atoms with van der Waals surface area (Å²) in [6.45, 7) is 0.421. The molecule has 1 rings (SSSR count). The van der Waals surface area contributed by atoms with E-state index >= 15 is 0 Å². The van der Waals surface area contributed by atoms with Gasteiger partial charge >= 0.3 is 0 Å². The Balaban J connectivity index is 2.68. The molecule has 0 heterocycles. The number of amides is 1. The number of hydrogen-bond donors (Lipinski definition) is 2. The quantitative estimate of drug-likeness (QED) is 0.808. The van der Waals surface area contributed by atoms with Gasteiger partial charge in [-0.3, -0.25) is 4.79 Å². The highest BCUT2D eigenvalue weighted by molar-refractivity contribution is 9.09. The number of halogens is 1. The molecule has 0 saturated heterocycles. The molecule has 1 aromatic rings. The normalized spacial score (nSPS) is 12.1. The topological polar surface area (TPSA) is 58.6 Å². The number of para-hydroxylation sites is 1. The zero-order valence-electron chi connectivity index (χ0n) is 8.94. The van der Waals surface area contributed by atoms with Crippen LogP contribution in [0.15, 0.2) is 24.3 Å². The van der Waals surface area contributed by atoms with E-state index in [2.05, 4.69) is 21.2 Å². The highest BCUT2D eigenvalue weighted by atomic mass is 79.9. The summed E-state index contributed by atoms with van der Waals surface area (Å²) in [5.41, 5.74) is 0.268. The molecule has 0 aliphatic rings. The second-order valence-corrected chi connectivity index (χ2v) is 3.94. The molecule has 0 bridgehead atoms. The van der Waals surface area contributed by atoms with Gasteiger partial charge in [0.2, 0.25) is 0 Å². The average molecular weight is 288 g/mol. The molecule has 0 aliphatic carbocycles. The summed E-state index contributed by atoms with van der Waals surface area (Å²) >= 11 is 3.28. The molecule has 4 nitrogen and oxygen atoms in total. The summed E-state index contributed by atoms with van der Waals surface area (Å²) in [7, 11) is 1.57. The third kappa shape index (κ3) is 3.50. The first-order chi connectivity index (χ1) is 7.69. The van der Waals surface area contributed by atoms with E-state index in [1.54, 1.807) is 25.3 Å². The number of ether oxygens (including phenoxy) is 1. The largest absolute Gasteiger partial charge is 0.507 e. The highest BCUT2D eigenvalue weighted by Gasteiger charge is 2.14. The van der Waals surface area contributed by atoms with Gasteiger partial charge in [-0.05, 0) is 12.1 Å². The van der Waals surface area contributed by atoms with Crippen molar-refractivity contribution in [3.8, 4) is 5.75 Å². The number of aromatic hydroxyl groups is 1. The zero-order valence-corrected chi connectivity index (χ0v) is 10.5. The molecule has 1 amide bonds. The Morgan fingerprint density at radius 1 is 1.56 bits per heavy atom. The van der Waals surface area contributed by atoms with Crippen LogP contribution in [0.25, 0.3) is 0 Å². The van der Waals surface area contributed by atoms with Gasteiger partial charge < -0.3 is 15.2 Å². The maximum absolute atomic E-state index is 11.8. The number of methoxy groups -OCH3 is 1. The van der Waals surface area contributed by atoms with E-state index in [0.717, 1.165) is 0 Å². The molecule has 0 aromatic heterocycles.